The molecule has 0 fully saturated rings. The predicted molar refractivity (Wildman–Crippen MR) is 176 cm³/mol. The minimum Gasteiger partial charge on any atom is -0.392 e. The Morgan fingerprint density at radius 2 is 0.811 bits per heavy atom. The zero-order valence-corrected chi connectivity index (χ0v) is 28.3. The highest BCUT2D eigenvalue weighted by Gasteiger charge is 2.29. The van der Waals surface area contributed by atoms with Gasteiger partial charge in [0.25, 0.3) is 0 Å². The van der Waals surface area contributed by atoms with Crippen LogP contribution in [0.3, 0.4) is 0 Å². The molecule has 0 unspecified atom stereocenters. The van der Waals surface area contributed by atoms with Crippen molar-refractivity contribution in [1.82, 2.24) is 0 Å². The maximum absolute atomic E-state index is 10.3. The summed E-state index contributed by atoms with van der Waals surface area (Å²) >= 11 is 1.26. The van der Waals surface area contributed by atoms with Crippen molar-refractivity contribution in [2.75, 3.05) is 30.9 Å². The summed E-state index contributed by atoms with van der Waals surface area (Å²) in [4.78, 5) is 10.3. The van der Waals surface area contributed by atoms with E-state index < -0.39 is 7.26 Å². The van der Waals surface area contributed by atoms with Crippen LogP contribution in [0.1, 0.15) is 176 Å². The summed E-state index contributed by atoms with van der Waals surface area (Å²) < 4.78 is 4.70. The summed E-state index contributed by atoms with van der Waals surface area (Å²) in [6.45, 7) is 13.3. The Kier molecular flexibility index (Phi) is 34.6. The molecule has 0 aliphatic carbocycles. The van der Waals surface area contributed by atoms with Gasteiger partial charge < -0.3 is 4.18 Å². The molecule has 0 amide bonds. The van der Waals surface area contributed by atoms with Crippen molar-refractivity contribution in [2.45, 2.75) is 176 Å². The largest absolute Gasteiger partial charge is 0.392 e. The third-order valence-electron chi connectivity index (χ3n) is 7.41. The van der Waals surface area contributed by atoms with Gasteiger partial charge in [0, 0.05) is 26.6 Å². The third kappa shape index (κ3) is 34.2. The van der Waals surface area contributed by atoms with Crippen molar-refractivity contribution in [3.63, 3.8) is 0 Å². The molecule has 0 heterocycles. The molecular weight excluding hydrogens is 491 g/mol. The molecule has 0 aliphatic heterocycles. The number of carbonyl (C=O) groups is 1. The van der Waals surface area contributed by atoms with Gasteiger partial charge in [0.05, 0.1) is 30.5 Å². The molecule has 0 aliphatic rings. The Morgan fingerprint density at radius 1 is 0.514 bits per heavy atom. The van der Waals surface area contributed by atoms with E-state index in [9.17, 15) is 4.79 Å². The highest BCUT2D eigenvalue weighted by atomic mass is 32.2. The van der Waals surface area contributed by atoms with Crippen LogP contribution in [0, 0.1) is 0 Å². The van der Waals surface area contributed by atoms with Gasteiger partial charge in [0.1, 0.15) is 0 Å². The fourth-order valence-electron chi connectivity index (χ4n) is 4.87. The van der Waals surface area contributed by atoms with Gasteiger partial charge >= 0.3 is 5.97 Å². The maximum Gasteiger partial charge on any atom is 0.314 e. The van der Waals surface area contributed by atoms with Gasteiger partial charge in [-0.05, 0) is 44.9 Å². The fraction of sp³-hybridized carbons (Fsp3) is 0.970. The van der Waals surface area contributed by atoms with Crippen molar-refractivity contribution in [2.24, 2.45) is 0 Å². The van der Waals surface area contributed by atoms with Crippen LogP contribution in [-0.2, 0) is 8.98 Å². The van der Waals surface area contributed by atoms with Gasteiger partial charge in [0.2, 0.25) is 0 Å². The zero-order chi connectivity index (χ0) is 27.9. The first-order valence-corrected chi connectivity index (χ1v) is 20.3. The lowest BCUT2D eigenvalue weighted by molar-refractivity contribution is -0.130. The zero-order valence-electron chi connectivity index (χ0n) is 26.6. The van der Waals surface area contributed by atoms with Crippen molar-refractivity contribution in [1.29, 1.82) is 0 Å². The second-order valence-electron chi connectivity index (χ2n) is 11.6. The molecule has 0 aromatic rings. The summed E-state index contributed by atoms with van der Waals surface area (Å²) in [7, 11) is -0.636. The molecule has 37 heavy (non-hydrogen) atoms. The van der Waals surface area contributed by atoms with Crippen LogP contribution < -0.4 is 0 Å². The van der Waals surface area contributed by atoms with E-state index in [1.807, 2.05) is 0 Å². The molecular formula is C33H70O2PS+. The van der Waals surface area contributed by atoms with Gasteiger partial charge in [-0.15, -0.1) is 0 Å². The Labute approximate surface area is 240 Å². The molecule has 0 rings (SSSR count). The highest BCUT2D eigenvalue weighted by Crippen LogP contribution is 2.57. The van der Waals surface area contributed by atoms with E-state index in [0.717, 1.165) is 12.2 Å². The van der Waals surface area contributed by atoms with Crippen LogP contribution >= 0.6 is 19.3 Å². The first-order valence-electron chi connectivity index (χ1n) is 16.6. The molecule has 0 radical (unpaired) electrons. The number of rotatable bonds is 27. The van der Waals surface area contributed by atoms with Crippen molar-refractivity contribution < 1.29 is 8.98 Å². The summed E-state index contributed by atoms with van der Waals surface area (Å²) in [5.41, 5.74) is 0. The molecule has 0 N–H and O–H groups in total. The van der Waals surface area contributed by atoms with E-state index in [1.165, 1.54) is 154 Å². The summed E-state index contributed by atoms with van der Waals surface area (Å²) in [6.07, 6.45) is 36.2. The molecule has 0 atom stereocenters. The summed E-state index contributed by atoms with van der Waals surface area (Å²) in [5, 5.41) is 0. The Hall–Kier alpha value is 0.250. The summed E-state index contributed by atoms with van der Waals surface area (Å²) in [5.74, 6) is 0.727. The number of unbranched alkanes of at least 4 members (excludes halogenated alkanes) is 18. The lowest BCUT2D eigenvalue weighted by Crippen LogP contribution is -2.08. The second-order valence-corrected chi connectivity index (χ2v) is 16.9. The first-order chi connectivity index (χ1) is 18.0. The van der Waals surface area contributed by atoms with Crippen LogP contribution in [0.4, 0.5) is 0 Å². The normalized spacial score (nSPS) is 11.3. The third-order valence-corrected chi connectivity index (χ3v) is 12.4. The van der Waals surface area contributed by atoms with Crippen LogP contribution in [-0.4, -0.2) is 36.9 Å². The second kappa shape index (κ2) is 32.5. The van der Waals surface area contributed by atoms with Crippen molar-refractivity contribution in [3.05, 3.63) is 0 Å². The Balaban J connectivity index is 0. The van der Waals surface area contributed by atoms with Crippen LogP contribution in [0.2, 0.25) is 0 Å². The average Bonchev–Trinajstić information content (AvgIpc) is 2.88. The van der Waals surface area contributed by atoms with Crippen molar-refractivity contribution in [3.8, 4) is 0 Å². The van der Waals surface area contributed by atoms with E-state index in [0.29, 0.717) is 0 Å². The van der Waals surface area contributed by atoms with E-state index in [1.54, 1.807) is 18.5 Å². The molecule has 0 spiro atoms. The SMILES string of the molecule is CCCCCCCC[P+](C)(CCCCCCCC)CCCCCCCC.CCCCCCSOC(C)=O. The predicted octanol–water partition coefficient (Wildman–Crippen LogP) is 12.5. The molecule has 0 saturated carbocycles. The Morgan fingerprint density at radius 3 is 1.14 bits per heavy atom. The molecule has 0 bridgehead atoms. The molecule has 2 nitrogen and oxygen atoms in total. The maximum atomic E-state index is 10.3. The van der Waals surface area contributed by atoms with Gasteiger partial charge in [0.15, 0.2) is 0 Å². The van der Waals surface area contributed by atoms with Gasteiger partial charge in [-0.2, -0.15) is 0 Å². The summed E-state index contributed by atoms with van der Waals surface area (Å²) in [6, 6.07) is 0. The van der Waals surface area contributed by atoms with Crippen molar-refractivity contribution >= 4 is 25.3 Å². The molecule has 0 aromatic carbocycles. The molecule has 0 aromatic heterocycles. The average molecular weight is 562 g/mol. The van der Waals surface area contributed by atoms with Crippen LogP contribution in [0.5, 0.6) is 0 Å². The minimum atomic E-state index is -0.636. The fourth-order valence-corrected chi connectivity index (χ4v) is 9.07. The lowest BCUT2D eigenvalue weighted by atomic mass is 10.1. The monoisotopic (exact) mass is 561 g/mol. The number of hydrogen-bond acceptors (Lipinski definition) is 3. The Bertz CT molecular complexity index is 403. The smallest absolute Gasteiger partial charge is 0.314 e. The quantitative estimate of drug-likeness (QED) is 0.0566. The van der Waals surface area contributed by atoms with E-state index >= 15 is 0 Å². The van der Waals surface area contributed by atoms with Gasteiger partial charge in [-0.1, -0.05) is 124 Å². The van der Waals surface area contributed by atoms with Gasteiger partial charge in [-0.25, -0.2) is 0 Å². The highest BCUT2D eigenvalue weighted by molar-refractivity contribution is 7.95. The van der Waals surface area contributed by atoms with E-state index in [-0.39, 0.29) is 5.97 Å². The molecule has 224 valence electrons. The number of carbonyl (C=O) groups excluding carboxylic acids is 1. The van der Waals surface area contributed by atoms with E-state index in [4.69, 9.17) is 4.18 Å². The van der Waals surface area contributed by atoms with Gasteiger partial charge in [-0.3, -0.25) is 4.79 Å². The van der Waals surface area contributed by atoms with E-state index in [2.05, 4.69) is 34.4 Å². The topological polar surface area (TPSA) is 26.3 Å². The standard InChI is InChI=1S/C25H54P.C8H16O2S/c1-5-8-11-14-17-20-23-26(4,24-21-18-15-12-9-6-2)25-22-19-16-13-10-7-3;1-3-4-5-6-7-11-10-8(2)9/h5-25H2,1-4H3;3-7H2,1-2H3/q+1;. The lowest BCUT2D eigenvalue weighted by Gasteiger charge is -2.24. The molecule has 4 heteroatoms. The van der Waals surface area contributed by atoms with Crippen LogP contribution in [0.25, 0.3) is 0 Å². The van der Waals surface area contributed by atoms with Crippen LogP contribution in [0.15, 0.2) is 0 Å². The first kappa shape index (κ1) is 39.4. The molecule has 0 saturated heterocycles. The number of hydrogen-bond donors (Lipinski definition) is 0. The minimum absolute atomic E-state index is 0.203.